The monoisotopic (exact) mass is 211 g/mol. The summed E-state index contributed by atoms with van der Waals surface area (Å²) in [5.41, 5.74) is 1.45. The van der Waals surface area contributed by atoms with Crippen molar-refractivity contribution in [2.24, 2.45) is 0 Å². The van der Waals surface area contributed by atoms with Crippen LogP contribution in [0.15, 0.2) is 6.07 Å². The van der Waals surface area contributed by atoms with E-state index in [4.69, 9.17) is 0 Å². The van der Waals surface area contributed by atoms with E-state index in [1.165, 1.54) is 34.6 Å². The zero-order valence-corrected chi connectivity index (χ0v) is 10.5. The van der Waals surface area contributed by atoms with Crippen molar-refractivity contribution >= 4 is 11.3 Å². The molecule has 1 N–H and O–H groups in total. The average Bonchev–Trinajstić information content (AvgIpc) is 2.47. The molecule has 0 aliphatic rings. The molecule has 1 heterocycles. The van der Waals surface area contributed by atoms with Crippen molar-refractivity contribution in [2.75, 3.05) is 7.05 Å². The molecule has 0 amide bonds. The first-order valence-corrected chi connectivity index (χ1v) is 6.24. The van der Waals surface area contributed by atoms with Crippen molar-refractivity contribution in [2.45, 2.75) is 46.1 Å². The van der Waals surface area contributed by atoms with Crippen molar-refractivity contribution in [3.05, 3.63) is 21.4 Å². The number of nitrogens with one attached hydrogen (secondary N) is 1. The van der Waals surface area contributed by atoms with E-state index in [1.807, 2.05) is 11.3 Å². The van der Waals surface area contributed by atoms with Gasteiger partial charge in [-0.25, -0.2) is 0 Å². The average molecular weight is 211 g/mol. The summed E-state index contributed by atoms with van der Waals surface area (Å²) in [5, 5.41) is 3.42. The van der Waals surface area contributed by atoms with Gasteiger partial charge in [0.15, 0.2) is 0 Å². The molecule has 0 aliphatic carbocycles. The Morgan fingerprint density at radius 1 is 1.43 bits per heavy atom. The Morgan fingerprint density at radius 3 is 2.57 bits per heavy atom. The second-order valence-electron chi connectivity index (χ2n) is 3.89. The molecule has 80 valence electrons. The van der Waals surface area contributed by atoms with Gasteiger partial charge in [-0.2, -0.15) is 0 Å². The van der Waals surface area contributed by atoms with Crippen LogP contribution in [0.1, 0.15) is 47.5 Å². The summed E-state index contributed by atoms with van der Waals surface area (Å²) in [4.78, 5) is 2.95. The zero-order valence-electron chi connectivity index (χ0n) is 9.68. The molecule has 1 nitrogen and oxygen atoms in total. The fraction of sp³-hybridized carbons (Fsp3) is 0.667. The van der Waals surface area contributed by atoms with Gasteiger partial charge in [0.05, 0.1) is 0 Å². The molecule has 0 saturated heterocycles. The third-order valence-corrected chi connectivity index (χ3v) is 3.86. The van der Waals surface area contributed by atoms with Crippen molar-refractivity contribution in [1.82, 2.24) is 5.32 Å². The summed E-state index contributed by atoms with van der Waals surface area (Å²) in [5.74, 6) is 0. The van der Waals surface area contributed by atoms with E-state index in [9.17, 15) is 0 Å². The van der Waals surface area contributed by atoms with E-state index in [0.717, 1.165) is 0 Å². The van der Waals surface area contributed by atoms with Gasteiger partial charge in [0, 0.05) is 15.8 Å². The lowest BCUT2D eigenvalue weighted by Gasteiger charge is -2.15. The predicted octanol–water partition coefficient (Wildman–Crippen LogP) is 3.82. The van der Waals surface area contributed by atoms with Crippen LogP contribution in [0.3, 0.4) is 0 Å². The highest BCUT2D eigenvalue weighted by Crippen LogP contribution is 2.30. The first-order valence-electron chi connectivity index (χ1n) is 5.43. The van der Waals surface area contributed by atoms with E-state index in [2.05, 4.69) is 39.2 Å². The molecule has 0 aliphatic heterocycles. The van der Waals surface area contributed by atoms with E-state index in [-0.39, 0.29) is 0 Å². The molecular weight excluding hydrogens is 190 g/mol. The van der Waals surface area contributed by atoms with E-state index >= 15 is 0 Å². The molecular formula is C12H21NS. The van der Waals surface area contributed by atoms with Gasteiger partial charge in [-0.3, -0.25) is 0 Å². The SMILES string of the molecule is CCCCC(NC)c1sc(C)cc1C. The van der Waals surface area contributed by atoms with Gasteiger partial charge >= 0.3 is 0 Å². The van der Waals surface area contributed by atoms with Crippen LogP contribution in [0.2, 0.25) is 0 Å². The minimum atomic E-state index is 0.564. The van der Waals surface area contributed by atoms with Crippen LogP contribution in [-0.4, -0.2) is 7.05 Å². The molecule has 0 aromatic carbocycles. The Hall–Kier alpha value is -0.340. The highest BCUT2D eigenvalue weighted by atomic mass is 32.1. The fourth-order valence-corrected chi connectivity index (χ4v) is 3.00. The second-order valence-corrected chi connectivity index (χ2v) is 5.18. The van der Waals surface area contributed by atoms with Gasteiger partial charge in [0.1, 0.15) is 0 Å². The highest BCUT2D eigenvalue weighted by Gasteiger charge is 2.13. The third-order valence-electron chi connectivity index (χ3n) is 2.59. The van der Waals surface area contributed by atoms with Crippen LogP contribution in [0.4, 0.5) is 0 Å². The van der Waals surface area contributed by atoms with Crippen LogP contribution in [-0.2, 0) is 0 Å². The first kappa shape index (κ1) is 11.7. The summed E-state index contributed by atoms with van der Waals surface area (Å²) in [6, 6.07) is 2.85. The molecule has 2 heteroatoms. The molecule has 1 unspecified atom stereocenters. The Balaban J connectivity index is 2.72. The lowest BCUT2D eigenvalue weighted by atomic mass is 10.1. The van der Waals surface area contributed by atoms with Crippen LogP contribution in [0, 0.1) is 13.8 Å². The number of hydrogen-bond donors (Lipinski definition) is 1. The third kappa shape index (κ3) is 2.82. The van der Waals surface area contributed by atoms with E-state index in [1.54, 1.807) is 0 Å². The van der Waals surface area contributed by atoms with E-state index in [0.29, 0.717) is 6.04 Å². The molecule has 0 bridgehead atoms. The Labute approximate surface area is 91.5 Å². The van der Waals surface area contributed by atoms with Gasteiger partial charge in [-0.05, 0) is 38.9 Å². The lowest BCUT2D eigenvalue weighted by molar-refractivity contribution is 0.528. The Kier molecular flexibility index (Phi) is 4.63. The number of aryl methyl sites for hydroxylation is 2. The summed E-state index contributed by atoms with van der Waals surface area (Å²) in [6.45, 7) is 6.65. The van der Waals surface area contributed by atoms with Gasteiger partial charge in [0.2, 0.25) is 0 Å². The summed E-state index contributed by atoms with van der Waals surface area (Å²) < 4.78 is 0. The van der Waals surface area contributed by atoms with Crippen LogP contribution in [0.25, 0.3) is 0 Å². The van der Waals surface area contributed by atoms with Gasteiger partial charge < -0.3 is 5.32 Å². The number of thiophene rings is 1. The number of unbranched alkanes of at least 4 members (excludes halogenated alkanes) is 1. The molecule has 0 spiro atoms. The molecule has 14 heavy (non-hydrogen) atoms. The van der Waals surface area contributed by atoms with Crippen LogP contribution >= 0.6 is 11.3 Å². The number of hydrogen-bond acceptors (Lipinski definition) is 2. The van der Waals surface area contributed by atoms with Crippen molar-refractivity contribution in [3.63, 3.8) is 0 Å². The predicted molar refractivity (Wildman–Crippen MR) is 65.1 cm³/mol. The van der Waals surface area contributed by atoms with Gasteiger partial charge in [-0.1, -0.05) is 19.8 Å². The van der Waals surface area contributed by atoms with E-state index < -0.39 is 0 Å². The second kappa shape index (κ2) is 5.52. The molecule has 0 fully saturated rings. The van der Waals surface area contributed by atoms with Crippen molar-refractivity contribution in [1.29, 1.82) is 0 Å². The zero-order chi connectivity index (χ0) is 10.6. The first-order chi connectivity index (χ1) is 6.69. The lowest BCUT2D eigenvalue weighted by Crippen LogP contribution is -2.15. The molecule has 0 radical (unpaired) electrons. The standard InChI is InChI=1S/C12H21NS/c1-5-6-7-11(13-4)12-9(2)8-10(3)14-12/h8,11,13H,5-7H2,1-4H3. The molecule has 1 atom stereocenters. The van der Waals surface area contributed by atoms with Gasteiger partial charge in [-0.15, -0.1) is 11.3 Å². The minimum absolute atomic E-state index is 0.564. The fourth-order valence-electron chi connectivity index (χ4n) is 1.82. The minimum Gasteiger partial charge on any atom is -0.312 e. The topological polar surface area (TPSA) is 12.0 Å². The smallest absolute Gasteiger partial charge is 0.0415 e. The molecule has 1 rings (SSSR count). The molecule has 1 aromatic rings. The Morgan fingerprint density at radius 2 is 2.14 bits per heavy atom. The molecule has 1 aromatic heterocycles. The van der Waals surface area contributed by atoms with Crippen molar-refractivity contribution < 1.29 is 0 Å². The largest absolute Gasteiger partial charge is 0.312 e. The molecule has 0 saturated carbocycles. The quantitative estimate of drug-likeness (QED) is 0.781. The number of rotatable bonds is 5. The normalized spacial score (nSPS) is 13.1. The maximum Gasteiger partial charge on any atom is 0.0415 e. The maximum absolute atomic E-state index is 3.42. The summed E-state index contributed by atoms with van der Waals surface area (Å²) >= 11 is 1.93. The van der Waals surface area contributed by atoms with Crippen molar-refractivity contribution in [3.8, 4) is 0 Å². The summed E-state index contributed by atoms with van der Waals surface area (Å²) in [7, 11) is 2.06. The van der Waals surface area contributed by atoms with Gasteiger partial charge in [0.25, 0.3) is 0 Å². The highest BCUT2D eigenvalue weighted by molar-refractivity contribution is 7.12. The summed E-state index contributed by atoms with van der Waals surface area (Å²) in [6.07, 6.45) is 3.84. The van der Waals surface area contributed by atoms with Crippen LogP contribution in [0.5, 0.6) is 0 Å². The maximum atomic E-state index is 3.42. The van der Waals surface area contributed by atoms with Crippen LogP contribution < -0.4 is 5.32 Å². The Bertz CT molecular complexity index is 278.